The summed E-state index contributed by atoms with van der Waals surface area (Å²) in [6.07, 6.45) is 1.57. The Morgan fingerprint density at radius 3 is 2.70 bits per heavy atom. The van der Waals surface area contributed by atoms with Gasteiger partial charge in [0.2, 0.25) is 9.47 Å². The normalized spacial score (nSPS) is 16.2. The molecule has 0 spiro atoms. The SMILES string of the molecule is CC1CCN(S(=O)(=O)c2nnc(NC(=O)c3cccc([N+](=O)[O-])c3)s2)CC1. The summed E-state index contributed by atoms with van der Waals surface area (Å²) in [5, 5.41) is 20.6. The van der Waals surface area contributed by atoms with Crippen LogP contribution in [-0.2, 0) is 10.0 Å². The lowest BCUT2D eigenvalue weighted by Crippen LogP contribution is -2.37. The molecule has 144 valence electrons. The van der Waals surface area contributed by atoms with E-state index in [-0.39, 0.29) is 20.7 Å². The monoisotopic (exact) mass is 411 g/mol. The third-order valence-electron chi connectivity index (χ3n) is 4.25. The van der Waals surface area contributed by atoms with Crippen molar-refractivity contribution in [3.63, 3.8) is 0 Å². The molecule has 0 unspecified atom stereocenters. The quantitative estimate of drug-likeness (QED) is 0.452. The number of nitrogens with one attached hydrogen (secondary N) is 1. The van der Waals surface area contributed by atoms with Gasteiger partial charge in [-0.05, 0) is 24.8 Å². The summed E-state index contributed by atoms with van der Waals surface area (Å²) in [4.78, 5) is 22.4. The van der Waals surface area contributed by atoms with Crippen LogP contribution in [0.4, 0.5) is 10.8 Å². The van der Waals surface area contributed by atoms with Crippen molar-refractivity contribution >= 4 is 38.1 Å². The first-order valence-corrected chi connectivity index (χ1v) is 10.4. The highest BCUT2D eigenvalue weighted by molar-refractivity contribution is 7.91. The van der Waals surface area contributed by atoms with Gasteiger partial charge in [-0.3, -0.25) is 20.2 Å². The lowest BCUT2D eigenvalue weighted by molar-refractivity contribution is -0.384. The summed E-state index contributed by atoms with van der Waals surface area (Å²) >= 11 is 0.750. The van der Waals surface area contributed by atoms with Gasteiger partial charge in [-0.2, -0.15) is 4.31 Å². The predicted octanol–water partition coefficient (Wildman–Crippen LogP) is 2.12. The van der Waals surface area contributed by atoms with Gasteiger partial charge in [-0.1, -0.05) is 24.3 Å². The van der Waals surface area contributed by atoms with E-state index in [4.69, 9.17) is 0 Å². The van der Waals surface area contributed by atoms with Crippen LogP contribution in [0.5, 0.6) is 0 Å². The number of anilines is 1. The molecule has 1 amide bonds. The van der Waals surface area contributed by atoms with Gasteiger partial charge < -0.3 is 0 Å². The van der Waals surface area contributed by atoms with Crippen LogP contribution >= 0.6 is 11.3 Å². The zero-order valence-electron chi connectivity index (χ0n) is 14.4. The number of amides is 1. The molecule has 27 heavy (non-hydrogen) atoms. The fraction of sp³-hybridized carbons (Fsp3) is 0.400. The lowest BCUT2D eigenvalue weighted by Gasteiger charge is -2.28. The Labute approximate surface area is 159 Å². The summed E-state index contributed by atoms with van der Waals surface area (Å²) in [5.74, 6) is -0.152. The van der Waals surface area contributed by atoms with Crippen LogP contribution in [0.1, 0.15) is 30.1 Å². The second-order valence-corrected chi connectivity index (χ2v) is 9.31. The number of nitro benzene ring substituents is 1. The standard InChI is InChI=1S/C15H17N5O5S2/c1-10-5-7-19(8-6-10)27(24,25)15-18-17-14(26-15)16-13(21)11-3-2-4-12(9-11)20(22)23/h2-4,9-10H,5-8H2,1H3,(H,16,17,21). The van der Waals surface area contributed by atoms with Crippen LogP contribution in [0.3, 0.4) is 0 Å². The summed E-state index contributed by atoms with van der Waals surface area (Å²) in [5.41, 5.74) is -0.156. The smallest absolute Gasteiger partial charge is 0.272 e. The van der Waals surface area contributed by atoms with Crippen LogP contribution < -0.4 is 5.32 Å². The van der Waals surface area contributed by atoms with Gasteiger partial charge in [-0.15, -0.1) is 10.2 Å². The summed E-state index contributed by atoms with van der Waals surface area (Å²) in [6, 6.07) is 5.20. The van der Waals surface area contributed by atoms with E-state index >= 15 is 0 Å². The first-order valence-electron chi connectivity index (χ1n) is 8.17. The molecule has 1 N–H and O–H groups in total. The number of aromatic nitrogens is 2. The van der Waals surface area contributed by atoms with Gasteiger partial charge in [0.05, 0.1) is 4.92 Å². The van der Waals surface area contributed by atoms with E-state index in [1.54, 1.807) is 0 Å². The summed E-state index contributed by atoms with van der Waals surface area (Å²) in [7, 11) is -3.75. The van der Waals surface area contributed by atoms with E-state index in [9.17, 15) is 23.3 Å². The Hall–Kier alpha value is -2.44. The van der Waals surface area contributed by atoms with Gasteiger partial charge >= 0.3 is 0 Å². The van der Waals surface area contributed by atoms with E-state index in [1.807, 2.05) is 0 Å². The summed E-state index contributed by atoms with van der Waals surface area (Å²) < 4.78 is 26.4. The predicted molar refractivity (Wildman–Crippen MR) is 98.1 cm³/mol. The molecular weight excluding hydrogens is 394 g/mol. The van der Waals surface area contributed by atoms with Crippen LogP contribution in [0.15, 0.2) is 28.6 Å². The molecule has 0 bridgehead atoms. The maximum absolute atomic E-state index is 12.6. The third-order valence-corrected chi connectivity index (χ3v) is 7.33. The van der Waals surface area contributed by atoms with Crippen LogP contribution in [0.2, 0.25) is 0 Å². The number of non-ortho nitro benzene ring substituents is 1. The van der Waals surface area contributed by atoms with Gasteiger partial charge in [0, 0.05) is 30.8 Å². The highest BCUT2D eigenvalue weighted by Gasteiger charge is 2.31. The Bertz CT molecular complexity index is 966. The average Bonchev–Trinajstić information content (AvgIpc) is 3.11. The molecule has 0 saturated carbocycles. The van der Waals surface area contributed by atoms with Crippen LogP contribution in [0.25, 0.3) is 0 Å². The number of carbonyl (C=O) groups is 1. The van der Waals surface area contributed by atoms with Gasteiger partial charge in [-0.25, -0.2) is 8.42 Å². The van der Waals surface area contributed by atoms with Crippen LogP contribution in [-0.4, -0.2) is 46.8 Å². The Morgan fingerprint density at radius 2 is 2.04 bits per heavy atom. The highest BCUT2D eigenvalue weighted by atomic mass is 32.2. The van der Waals surface area contributed by atoms with Gasteiger partial charge in [0.15, 0.2) is 0 Å². The maximum atomic E-state index is 12.6. The van der Waals surface area contributed by atoms with Crippen molar-refractivity contribution < 1.29 is 18.1 Å². The van der Waals surface area contributed by atoms with Crippen molar-refractivity contribution in [2.24, 2.45) is 5.92 Å². The Kier molecular flexibility index (Phi) is 5.48. The molecule has 2 aromatic rings. The number of nitro groups is 1. The van der Waals surface area contributed by atoms with E-state index in [0.29, 0.717) is 19.0 Å². The first-order chi connectivity index (χ1) is 12.8. The molecule has 12 heteroatoms. The molecule has 1 aromatic carbocycles. The van der Waals surface area contributed by atoms with E-state index in [2.05, 4.69) is 22.4 Å². The van der Waals surface area contributed by atoms with Gasteiger partial charge in [0.1, 0.15) is 0 Å². The zero-order valence-corrected chi connectivity index (χ0v) is 16.0. The number of hydrogen-bond acceptors (Lipinski definition) is 8. The van der Waals surface area contributed by atoms with Crippen molar-refractivity contribution in [2.75, 3.05) is 18.4 Å². The fourth-order valence-corrected chi connectivity index (χ4v) is 5.13. The summed E-state index contributed by atoms with van der Waals surface area (Å²) in [6.45, 7) is 2.94. The second kappa shape index (κ2) is 7.66. The number of hydrogen-bond donors (Lipinski definition) is 1. The van der Waals surface area contributed by atoms with Crippen molar-refractivity contribution in [1.29, 1.82) is 0 Å². The van der Waals surface area contributed by atoms with E-state index in [1.165, 1.54) is 22.5 Å². The molecule has 3 rings (SSSR count). The molecule has 1 aliphatic heterocycles. The lowest BCUT2D eigenvalue weighted by atomic mass is 10.0. The maximum Gasteiger partial charge on any atom is 0.272 e. The minimum Gasteiger partial charge on any atom is -0.296 e. The molecule has 0 aliphatic carbocycles. The number of carbonyl (C=O) groups excluding carboxylic acids is 1. The van der Waals surface area contributed by atoms with E-state index in [0.717, 1.165) is 30.2 Å². The minimum absolute atomic E-state index is 0.00968. The third kappa shape index (κ3) is 4.28. The molecule has 10 nitrogen and oxygen atoms in total. The molecule has 1 fully saturated rings. The number of benzene rings is 1. The first kappa shape index (κ1) is 19.3. The van der Waals surface area contributed by atoms with Gasteiger partial charge in [0.25, 0.3) is 21.6 Å². The van der Waals surface area contributed by atoms with Crippen molar-refractivity contribution in [2.45, 2.75) is 24.1 Å². The highest BCUT2D eigenvalue weighted by Crippen LogP contribution is 2.27. The molecule has 1 saturated heterocycles. The molecule has 1 aromatic heterocycles. The second-order valence-electron chi connectivity index (χ2n) is 6.22. The molecule has 2 heterocycles. The average molecular weight is 411 g/mol. The Morgan fingerprint density at radius 1 is 1.33 bits per heavy atom. The van der Waals surface area contributed by atoms with Crippen LogP contribution in [0, 0.1) is 16.0 Å². The number of sulfonamides is 1. The number of rotatable bonds is 5. The van der Waals surface area contributed by atoms with Crippen molar-refractivity contribution in [1.82, 2.24) is 14.5 Å². The largest absolute Gasteiger partial charge is 0.296 e. The zero-order chi connectivity index (χ0) is 19.6. The van der Waals surface area contributed by atoms with Crippen molar-refractivity contribution in [3.05, 3.63) is 39.9 Å². The van der Waals surface area contributed by atoms with Crippen molar-refractivity contribution in [3.8, 4) is 0 Å². The topological polar surface area (TPSA) is 135 Å². The molecule has 1 aliphatic rings. The van der Waals surface area contributed by atoms with E-state index < -0.39 is 20.9 Å². The Balaban J connectivity index is 1.73. The molecular formula is C15H17N5O5S2. The fourth-order valence-electron chi connectivity index (χ4n) is 2.63. The molecule has 0 radical (unpaired) electrons. The number of piperidine rings is 1. The molecule has 0 atom stereocenters. The number of nitrogens with zero attached hydrogens (tertiary/aromatic N) is 4. The minimum atomic E-state index is -3.75.